The Kier molecular flexibility index (Phi) is 4.67. The van der Waals surface area contributed by atoms with Crippen LogP contribution in [0.2, 0.25) is 0 Å². The van der Waals surface area contributed by atoms with Gasteiger partial charge in [-0.25, -0.2) is 9.48 Å². The highest BCUT2D eigenvalue weighted by Crippen LogP contribution is 2.38. The van der Waals surface area contributed by atoms with E-state index in [1.54, 1.807) is 7.05 Å². The average molecular weight is 392 g/mol. The zero-order valence-electron chi connectivity index (χ0n) is 14.0. The van der Waals surface area contributed by atoms with Crippen molar-refractivity contribution in [1.82, 2.24) is 14.7 Å². The molecule has 1 aromatic carbocycles. The molecule has 3 rings (SSSR count). The Morgan fingerprint density at radius 2 is 1.96 bits per heavy atom. The SMILES string of the molecule is Cc1cnn(-c2ccc(Br)cc2)c1CC1(N(C)C(=O)O)CCCC1. The summed E-state index contributed by atoms with van der Waals surface area (Å²) in [6, 6.07) is 8.01. The molecule has 1 heterocycles. The Hall–Kier alpha value is -1.82. The highest BCUT2D eigenvalue weighted by molar-refractivity contribution is 9.10. The molecule has 1 aliphatic carbocycles. The number of hydrogen-bond donors (Lipinski definition) is 1. The van der Waals surface area contributed by atoms with Gasteiger partial charge in [0.2, 0.25) is 0 Å². The molecule has 0 aliphatic heterocycles. The van der Waals surface area contributed by atoms with Gasteiger partial charge in [0, 0.05) is 23.6 Å². The third-order valence-electron chi connectivity index (χ3n) is 5.18. The number of hydrogen-bond acceptors (Lipinski definition) is 2. The van der Waals surface area contributed by atoms with Crippen LogP contribution in [-0.4, -0.2) is 38.5 Å². The van der Waals surface area contributed by atoms with E-state index in [1.807, 2.05) is 42.1 Å². The van der Waals surface area contributed by atoms with Crippen LogP contribution in [0.25, 0.3) is 5.69 Å². The number of carbonyl (C=O) groups is 1. The fraction of sp³-hybridized carbons (Fsp3) is 0.444. The average Bonchev–Trinajstić information content (AvgIpc) is 3.17. The Bertz CT molecular complexity index is 733. The van der Waals surface area contributed by atoms with Crippen LogP contribution in [0.5, 0.6) is 0 Å². The molecule has 6 heteroatoms. The van der Waals surface area contributed by atoms with Gasteiger partial charge in [-0.1, -0.05) is 28.8 Å². The first-order valence-electron chi connectivity index (χ1n) is 8.19. The molecule has 1 aliphatic rings. The second-order valence-electron chi connectivity index (χ2n) is 6.61. The molecule has 24 heavy (non-hydrogen) atoms. The maximum atomic E-state index is 11.6. The molecule has 1 saturated carbocycles. The first-order chi connectivity index (χ1) is 11.4. The number of halogens is 1. The largest absolute Gasteiger partial charge is 0.465 e. The number of aryl methyl sites for hydroxylation is 1. The predicted molar refractivity (Wildman–Crippen MR) is 96.7 cm³/mol. The minimum absolute atomic E-state index is 0.330. The van der Waals surface area contributed by atoms with Crippen LogP contribution >= 0.6 is 15.9 Å². The van der Waals surface area contributed by atoms with E-state index in [9.17, 15) is 9.90 Å². The smallest absolute Gasteiger partial charge is 0.407 e. The maximum absolute atomic E-state index is 11.6. The topological polar surface area (TPSA) is 58.4 Å². The van der Waals surface area contributed by atoms with Crippen LogP contribution in [0.15, 0.2) is 34.9 Å². The highest BCUT2D eigenvalue weighted by atomic mass is 79.9. The van der Waals surface area contributed by atoms with Gasteiger partial charge in [0.05, 0.1) is 17.4 Å². The van der Waals surface area contributed by atoms with Crippen LogP contribution in [0.3, 0.4) is 0 Å². The highest BCUT2D eigenvalue weighted by Gasteiger charge is 2.41. The summed E-state index contributed by atoms with van der Waals surface area (Å²) < 4.78 is 2.96. The fourth-order valence-electron chi connectivity index (χ4n) is 3.65. The van der Waals surface area contributed by atoms with Crippen LogP contribution < -0.4 is 0 Å². The summed E-state index contributed by atoms with van der Waals surface area (Å²) in [6.07, 6.45) is 5.65. The van der Waals surface area contributed by atoms with Gasteiger partial charge in [0.1, 0.15) is 0 Å². The molecule has 5 nitrogen and oxygen atoms in total. The monoisotopic (exact) mass is 391 g/mol. The Morgan fingerprint density at radius 3 is 2.54 bits per heavy atom. The lowest BCUT2D eigenvalue weighted by atomic mass is 9.89. The van der Waals surface area contributed by atoms with Gasteiger partial charge in [0.15, 0.2) is 0 Å². The number of benzene rings is 1. The number of amides is 1. The molecule has 128 valence electrons. The van der Waals surface area contributed by atoms with Crippen molar-refractivity contribution in [1.29, 1.82) is 0 Å². The third-order valence-corrected chi connectivity index (χ3v) is 5.71. The number of nitrogens with zero attached hydrogens (tertiary/aromatic N) is 3. The Balaban J connectivity index is 1.99. The minimum atomic E-state index is -0.857. The molecule has 2 aromatic rings. The fourth-order valence-corrected chi connectivity index (χ4v) is 3.92. The van der Waals surface area contributed by atoms with Crippen molar-refractivity contribution in [2.75, 3.05) is 7.05 Å². The van der Waals surface area contributed by atoms with E-state index in [0.29, 0.717) is 6.42 Å². The summed E-state index contributed by atoms with van der Waals surface area (Å²) in [7, 11) is 1.70. The van der Waals surface area contributed by atoms with Crippen LogP contribution in [0.4, 0.5) is 4.79 Å². The van der Waals surface area contributed by atoms with Crippen LogP contribution in [0.1, 0.15) is 36.9 Å². The molecule has 0 spiro atoms. The van der Waals surface area contributed by atoms with Crippen LogP contribution in [-0.2, 0) is 6.42 Å². The second-order valence-corrected chi connectivity index (χ2v) is 7.53. The Labute approximate surface area is 150 Å². The van der Waals surface area contributed by atoms with Gasteiger partial charge in [-0.15, -0.1) is 0 Å². The quantitative estimate of drug-likeness (QED) is 0.839. The van der Waals surface area contributed by atoms with Gasteiger partial charge >= 0.3 is 6.09 Å². The van der Waals surface area contributed by atoms with E-state index in [1.165, 1.54) is 4.90 Å². The predicted octanol–water partition coefficient (Wildman–Crippen LogP) is 4.41. The first kappa shape index (κ1) is 17.0. The lowest BCUT2D eigenvalue weighted by Gasteiger charge is -2.37. The first-order valence-corrected chi connectivity index (χ1v) is 8.98. The molecule has 0 saturated heterocycles. The van der Waals surface area contributed by atoms with Crippen molar-refractivity contribution in [2.24, 2.45) is 0 Å². The van der Waals surface area contributed by atoms with Gasteiger partial charge < -0.3 is 10.0 Å². The number of aromatic nitrogens is 2. The standard InChI is InChI=1S/C18H22BrN3O2/c1-13-12-20-22(15-7-5-14(19)6-8-15)16(13)11-18(9-3-4-10-18)21(2)17(23)24/h5-8,12H,3-4,9-11H2,1-2H3,(H,23,24). The van der Waals surface area contributed by atoms with Gasteiger partial charge in [-0.05, 0) is 49.6 Å². The van der Waals surface area contributed by atoms with Gasteiger partial charge in [0.25, 0.3) is 0 Å². The van der Waals surface area contributed by atoms with Crippen molar-refractivity contribution in [3.63, 3.8) is 0 Å². The number of likely N-dealkylation sites (N-methyl/N-ethyl adjacent to an activating group) is 1. The molecule has 0 bridgehead atoms. The lowest BCUT2D eigenvalue weighted by molar-refractivity contribution is 0.0943. The zero-order chi connectivity index (χ0) is 17.3. The van der Waals surface area contributed by atoms with Gasteiger partial charge in [-0.3, -0.25) is 0 Å². The molecular formula is C18H22BrN3O2. The summed E-state index contributed by atoms with van der Waals surface area (Å²) in [5.41, 5.74) is 2.85. The Morgan fingerprint density at radius 1 is 1.33 bits per heavy atom. The number of carboxylic acid groups (broad SMARTS) is 1. The molecule has 1 fully saturated rings. The summed E-state index contributed by atoms with van der Waals surface area (Å²) in [6.45, 7) is 2.04. The van der Waals surface area contributed by atoms with E-state index in [-0.39, 0.29) is 5.54 Å². The third kappa shape index (κ3) is 3.07. The van der Waals surface area contributed by atoms with E-state index in [0.717, 1.165) is 47.1 Å². The summed E-state index contributed by atoms with van der Waals surface area (Å²) in [5.74, 6) is 0. The molecule has 0 atom stereocenters. The number of rotatable bonds is 4. The second kappa shape index (κ2) is 6.59. The zero-order valence-corrected chi connectivity index (χ0v) is 15.6. The van der Waals surface area contributed by atoms with E-state index in [4.69, 9.17) is 0 Å². The molecule has 0 radical (unpaired) electrons. The summed E-state index contributed by atoms with van der Waals surface area (Å²) in [5, 5.41) is 14.0. The van der Waals surface area contributed by atoms with E-state index >= 15 is 0 Å². The molecular weight excluding hydrogens is 370 g/mol. The summed E-state index contributed by atoms with van der Waals surface area (Å²) in [4.78, 5) is 13.1. The van der Waals surface area contributed by atoms with E-state index < -0.39 is 6.09 Å². The van der Waals surface area contributed by atoms with Crippen molar-refractivity contribution in [3.8, 4) is 5.69 Å². The molecule has 0 unspecified atom stereocenters. The molecule has 1 aromatic heterocycles. The van der Waals surface area contributed by atoms with Gasteiger partial charge in [-0.2, -0.15) is 5.10 Å². The minimum Gasteiger partial charge on any atom is -0.465 e. The molecule has 1 amide bonds. The lowest BCUT2D eigenvalue weighted by Crippen LogP contribution is -2.49. The van der Waals surface area contributed by atoms with Crippen LogP contribution in [0, 0.1) is 6.92 Å². The summed E-state index contributed by atoms with van der Waals surface area (Å²) >= 11 is 3.45. The van der Waals surface area contributed by atoms with E-state index in [2.05, 4.69) is 21.0 Å². The van der Waals surface area contributed by atoms with Crippen molar-refractivity contribution in [2.45, 2.75) is 44.6 Å². The van der Waals surface area contributed by atoms with Crippen molar-refractivity contribution in [3.05, 3.63) is 46.2 Å². The molecule has 1 N–H and O–H groups in total. The maximum Gasteiger partial charge on any atom is 0.407 e. The van der Waals surface area contributed by atoms with Crippen molar-refractivity contribution >= 4 is 22.0 Å². The normalized spacial score (nSPS) is 16.3. The van der Waals surface area contributed by atoms with Crippen molar-refractivity contribution < 1.29 is 9.90 Å².